The molecule has 0 unspecified atom stereocenters. The molecule has 0 amide bonds. The molecular weight excluding hydrogens is 1050 g/mol. The van der Waals surface area contributed by atoms with Crippen molar-refractivity contribution in [1.29, 1.82) is 0 Å². The fourth-order valence-corrected chi connectivity index (χ4v) is 9.15. The summed E-state index contributed by atoms with van der Waals surface area (Å²) >= 11 is 0. The number of benzene rings is 7. The van der Waals surface area contributed by atoms with Crippen molar-refractivity contribution < 1.29 is 60.5 Å². The molecule has 71 heavy (non-hydrogen) atoms. The normalized spacial score (nSPS) is 21.3. The van der Waals surface area contributed by atoms with Gasteiger partial charge in [-0.1, -0.05) is 171 Å². The van der Waals surface area contributed by atoms with Gasteiger partial charge in [0.05, 0.1) is 20.8 Å². The van der Waals surface area contributed by atoms with E-state index in [0.717, 1.165) is 27.4 Å². The number of rotatable bonds is 7. The fraction of sp³-hybridized carbons (Fsp3) is 0.262. The molecule has 1 aliphatic carbocycles. The molecule has 360 valence electrons. The molecule has 3 aromatic heterocycles. The largest absolute Gasteiger partial charge is 0.510 e. The quantitative estimate of drug-likeness (QED) is 0.118. The van der Waals surface area contributed by atoms with E-state index in [2.05, 4.69) is 29.5 Å². The summed E-state index contributed by atoms with van der Waals surface area (Å²) in [5.41, 5.74) is -8.33. The molecular formula is C65H62N4OPt-2. The van der Waals surface area contributed by atoms with E-state index in [1.54, 1.807) is 68.3 Å². The monoisotopic (exact) mass is 1130 g/mol. The van der Waals surface area contributed by atoms with Gasteiger partial charge in [-0.15, -0.1) is 29.7 Å². The zero-order chi connectivity index (χ0) is 67.6. The Labute approximate surface area is 465 Å². The molecule has 0 atom stereocenters. The predicted octanol–water partition coefficient (Wildman–Crippen LogP) is 16.2. The Hall–Kier alpha value is -6.55. The van der Waals surface area contributed by atoms with Gasteiger partial charge in [0.15, 0.2) is 0 Å². The first kappa shape index (κ1) is 28.5. The number of hydrogen-bond acceptors (Lipinski definition) is 2. The first-order chi connectivity index (χ1) is 42.4. The van der Waals surface area contributed by atoms with E-state index in [9.17, 15) is 9.60 Å². The summed E-state index contributed by atoms with van der Waals surface area (Å²) in [6, 6.07) is 39.7. The van der Waals surface area contributed by atoms with E-state index in [1.165, 1.54) is 30.5 Å². The fourth-order valence-electron chi connectivity index (χ4n) is 9.15. The van der Waals surface area contributed by atoms with E-state index >= 15 is 0 Å². The van der Waals surface area contributed by atoms with E-state index < -0.39 is 103 Å². The van der Waals surface area contributed by atoms with Gasteiger partial charge in [-0.05, 0) is 121 Å². The molecule has 5 nitrogen and oxygen atoms in total. The van der Waals surface area contributed by atoms with Crippen LogP contribution in [0.15, 0.2) is 152 Å². The van der Waals surface area contributed by atoms with Crippen LogP contribution < -0.4 is 9.30 Å². The summed E-state index contributed by atoms with van der Waals surface area (Å²) in [5, 5.41) is 1.63. The van der Waals surface area contributed by atoms with Crippen LogP contribution in [0.3, 0.4) is 0 Å². The Morgan fingerprint density at radius 3 is 2.08 bits per heavy atom. The van der Waals surface area contributed by atoms with Gasteiger partial charge in [0.25, 0.3) is 6.33 Å². The SMILES string of the molecule is [2H]c1c([2H])c2c(c([2H])c1-c1cccc(-c3cc(C(C)(C)C)cc(C(C)(C)C)c3)c1-[n+]1[c-]n(-c3[c-]c(Oc4[c-]c5c(cc4)c4ccccc4n5-c4cc(C([2H])([2H])[2H])ccn4)ccc3)c3ccccc31)C(C([2H])([2H])[2H])(C([2H])([2H])[2H])C([2H])([2H])C([2H])([2H])C2(C([2H])([2H])[2H])C([2H])([2H])[2H].[Pt]. The summed E-state index contributed by atoms with van der Waals surface area (Å²) < 4.78 is 211. The van der Waals surface area contributed by atoms with Crippen molar-refractivity contribution >= 4 is 32.8 Å². The number of nitrogens with zero attached hydrogens (tertiary/aromatic N) is 4. The molecule has 1 aliphatic rings. The zero-order valence-electron chi connectivity index (χ0n) is 61.7. The smallest absolute Gasteiger partial charge is 0.268 e. The average Bonchev–Trinajstić information content (AvgIpc) is 1.01. The number of pyridine rings is 1. The summed E-state index contributed by atoms with van der Waals surface area (Å²) in [7, 11) is 0. The van der Waals surface area contributed by atoms with E-state index in [-0.39, 0.29) is 49.4 Å². The van der Waals surface area contributed by atoms with Gasteiger partial charge >= 0.3 is 0 Å². The number of ether oxygens (including phenoxy) is 1. The summed E-state index contributed by atoms with van der Waals surface area (Å²) in [6.07, 6.45) is -4.16. The molecule has 0 spiro atoms. The van der Waals surface area contributed by atoms with Crippen LogP contribution in [0.1, 0.15) is 140 Å². The molecule has 7 aromatic carbocycles. The minimum Gasteiger partial charge on any atom is -0.510 e. The first-order valence-corrected chi connectivity index (χ1v) is 22.9. The second-order valence-electron chi connectivity index (χ2n) is 19.9. The number of fused-ring (bicyclic) bond motifs is 5. The Kier molecular flexibility index (Phi) is 7.07. The molecule has 0 saturated heterocycles. The maximum absolute atomic E-state index is 10.3. The number of aromatic nitrogens is 4. The number of hydrogen-bond donors (Lipinski definition) is 0. The van der Waals surface area contributed by atoms with Crippen LogP contribution in [0.25, 0.3) is 72.3 Å². The van der Waals surface area contributed by atoms with Crippen LogP contribution in [0.2, 0.25) is 0 Å². The van der Waals surface area contributed by atoms with Crippen LogP contribution >= 0.6 is 0 Å². The molecule has 0 saturated carbocycles. The third kappa shape index (κ3) is 8.65. The average molecular weight is 1130 g/mol. The van der Waals surface area contributed by atoms with Crippen molar-refractivity contribution in [3.05, 3.63) is 198 Å². The number of aryl methyl sites for hydroxylation is 1. The topological polar surface area (TPSA) is 35.9 Å². The van der Waals surface area contributed by atoms with Crippen molar-refractivity contribution in [2.45, 2.75) is 110 Å². The zero-order valence-corrected chi connectivity index (χ0v) is 42.0. The van der Waals surface area contributed by atoms with Crippen molar-refractivity contribution in [1.82, 2.24) is 14.1 Å². The molecule has 6 heteroatoms. The standard InChI is InChI=1S/C65H62N4O.Pt/c1-42-30-33-66-60(34-42)69-56-23-13-12-20-52(56)53-28-27-49(40-59(53)69)70-48-19-16-18-47(39-48)67-41-68(58-25-15-14-24-57(58)67)61-50(43-26-29-54-55(37-43)65(10,11)32-31-64(54,8)9)21-17-22-51(61)44-35-45(62(2,3)4)38-46(36-44)63(5,6)7;/h12-30,33-38H,31-32H2,1-11H3;/q-2;/i1D3,8D3,9D3,10D3,11D3,26D,29D,31D2,32D2,37D;. The van der Waals surface area contributed by atoms with Gasteiger partial charge < -0.3 is 13.9 Å². The van der Waals surface area contributed by atoms with Crippen LogP contribution in [-0.4, -0.2) is 14.1 Å². The molecule has 0 aliphatic heterocycles. The van der Waals surface area contributed by atoms with Crippen molar-refractivity contribution in [2.24, 2.45) is 0 Å². The summed E-state index contributed by atoms with van der Waals surface area (Å²) in [5.74, 6) is 0.795. The van der Waals surface area contributed by atoms with Crippen LogP contribution in [0.4, 0.5) is 0 Å². The van der Waals surface area contributed by atoms with E-state index in [1.807, 2.05) is 84.0 Å². The second-order valence-corrected chi connectivity index (χ2v) is 19.9. The van der Waals surface area contributed by atoms with Crippen LogP contribution in [0, 0.1) is 25.3 Å². The Morgan fingerprint density at radius 2 is 1.35 bits per heavy atom. The van der Waals surface area contributed by atoms with E-state index in [0.29, 0.717) is 39.2 Å². The van der Waals surface area contributed by atoms with Gasteiger partial charge in [-0.25, -0.2) is 4.98 Å². The summed E-state index contributed by atoms with van der Waals surface area (Å²) in [4.78, 5) is 4.57. The Bertz CT molecular complexity index is 4570. The third-order valence-corrected chi connectivity index (χ3v) is 12.8. The minimum absolute atomic E-state index is 0. The minimum atomic E-state index is -4.53. The number of para-hydroxylation sites is 4. The van der Waals surface area contributed by atoms with Crippen molar-refractivity contribution in [3.63, 3.8) is 0 Å². The second kappa shape index (κ2) is 17.6. The first-order valence-electron chi connectivity index (χ1n) is 33.9. The van der Waals surface area contributed by atoms with Gasteiger partial charge in [-0.3, -0.25) is 4.57 Å². The van der Waals surface area contributed by atoms with Gasteiger partial charge in [-0.2, -0.15) is 18.2 Å². The van der Waals surface area contributed by atoms with Crippen LogP contribution in [0.5, 0.6) is 11.5 Å². The van der Waals surface area contributed by atoms with Crippen LogP contribution in [-0.2, 0) is 42.7 Å². The maximum Gasteiger partial charge on any atom is 0.268 e. The maximum atomic E-state index is 10.3. The molecule has 0 N–H and O–H groups in total. The Balaban J connectivity index is 0.00000946. The predicted molar refractivity (Wildman–Crippen MR) is 288 cm³/mol. The molecule has 11 rings (SSSR count). The van der Waals surface area contributed by atoms with Gasteiger partial charge in [0, 0.05) is 70.3 Å². The molecule has 3 heterocycles. The third-order valence-electron chi connectivity index (χ3n) is 12.8. The molecule has 0 bridgehead atoms. The van der Waals surface area contributed by atoms with Crippen molar-refractivity contribution in [2.75, 3.05) is 0 Å². The van der Waals surface area contributed by atoms with Gasteiger partial charge in [0.2, 0.25) is 0 Å². The molecule has 10 aromatic rings. The molecule has 0 radical (unpaired) electrons. The molecule has 0 fully saturated rings. The Morgan fingerprint density at radius 1 is 0.676 bits per heavy atom. The van der Waals surface area contributed by atoms with Crippen molar-refractivity contribution in [3.8, 4) is 50.9 Å². The number of imidazole rings is 1. The summed E-state index contributed by atoms with van der Waals surface area (Å²) in [6.45, 7) is -7.23. The van der Waals surface area contributed by atoms with Gasteiger partial charge in [0.1, 0.15) is 5.82 Å². The van der Waals surface area contributed by atoms with E-state index in [4.69, 9.17) is 25.3 Å².